The molecule has 9 nitrogen and oxygen atoms in total. The number of halogens is 4. The Labute approximate surface area is 217 Å². The fourth-order valence-corrected chi connectivity index (χ4v) is 4.82. The van der Waals surface area contributed by atoms with E-state index in [1.165, 1.54) is 24.3 Å². The number of nitrogens with zero attached hydrogens (tertiary/aromatic N) is 3. The van der Waals surface area contributed by atoms with E-state index in [4.69, 9.17) is 9.88 Å². The number of nitrogens with one attached hydrogen (secondary N) is 2. The molecule has 4 N–H and O–H groups in total. The Morgan fingerprint density at radius 1 is 1.13 bits per heavy atom. The van der Waals surface area contributed by atoms with Crippen molar-refractivity contribution < 1.29 is 30.7 Å². The van der Waals surface area contributed by atoms with Gasteiger partial charge in [-0.1, -0.05) is 12.1 Å². The number of hydrogen-bond acceptors (Lipinski definition) is 8. The fraction of sp³-hybridized carbons (Fsp3) is 0.333. The van der Waals surface area contributed by atoms with Crippen molar-refractivity contribution in [3.63, 3.8) is 0 Å². The number of primary sulfonamides is 1. The molecular formula is C24H26F4N6O3S. The van der Waals surface area contributed by atoms with Gasteiger partial charge in [-0.05, 0) is 56.6 Å². The van der Waals surface area contributed by atoms with E-state index >= 15 is 0 Å². The number of ether oxygens (including phenoxy) is 1. The maximum atomic E-state index is 14.7. The average Bonchev–Trinajstić information content (AvgIpc) is 2.83. The summed E-state index contributed by atoms with van der Waals surface area (Å²) in [5.74, 6) is -1.91. The van der Waals surface area contributed by atoms with Crippen molar-refractivity contribution in [2.45, 2.75) is 36.9 Å². The standard InChI is InChI=1S/C24H26F4N6O3S/c1-14-6-7-15(12-20(14)38(29,35)36)31-23-30-13-18(25)22(33-23)32-19-5-3-4-17(24(26,27)28)21(19)37-16-8-10-34(2)11-9-16/h3-7,12-13,16H,8-11H2,1-2H3,(H2,29,35,36)(H2,30,31,32,33). The van der Waals surface area contributed by atoms with Crippen LogP contribution in [0.4, 0.5) is 40.7 Å². The lowest BCUT2D eigenvalue weighted by Gasteiger charge is -2.31. The third kappa shape index (κ3) is 6.49. The van der Waals surface area contributed by atoms with Crippen LogP contribution in [0, 0.1) is 12.7 Å². The third-order valence-electron chi connectivity index (χ3n) is 6.02. The molecule has 0 bridgehead atoms. The SMILES string of the molecule is Cc1ccc(Nc2ncc(F)c(Nc3cccc(C(F)(F)F)c3OC3CCN(C)CC3)n2)cc1S(N)(=O)=O. The molecule has 204 valence electrons. The van der Waals surface area contributed by atoms with Crippen LogP contribution in [-0.4, -0.2) is 49.5 Å². The van der Waals surface area contributed by atoms with Gasteiger partial charge in [-0.3, -0.25) is 0 Å². The van der Waals surface area contributed by atoms with Gasteiger partial charge < -0.3 is 20.3 Å². The van der Waals surface area contributed by atoms with Crippen LogP contribution in [0.3, 0.4) is 0 Å². The van der Waals surface area contributed by atoms with Crippen LogP contribution in [0.1, 0.15) is 24.0 Å². The molecule has 1 saturated heterocycles. The summed E-state index contributed by atoms with van der Waals surface area (Å²) in [5.41, 5.74) is -0.441. The number of aromatic nitrogens is 2. The lowest BCUT2D eigenvalue weighted by atomic mass is 10.1. The number of para-hydroxylation sites is 1. The van der Waals surface area contributed by atoms with E-state index < -0.39 is 45.3 Å². The number of aryl methyl sites for hydroxylation is 1. The van der Waals surface area contributed by atoms with E-state index in [1.54, 1.807) is 13.0 Å². The monoisotopic (exact) mass is 554 g/mol. The van der Waals surface area contributed by atoms with Crippen LogP contribution in [0.25, 0.3) is 0 Å². The van der Waals surface area contributed by atoms with Crippen molar-refractivity contribution in [3.05, 3.63) is 59.5 Å². The van der Waals surface area contributed by atoms with Gasteiger partial charge in [0.15, 0.2) is 17.4 Å². The van der Waals surface area contributed by atoms with E-state index in [1.807, 2.05) is 7.05 Å². The van der Waals surface area contributed by atoms with Gasteiger partial charge in [0.1, 0.15) is 6.10 Å². The lowest BCUT2D eigenvalue weighted by molar-refractivity contribution is -0.139. The highest BCUT2D eigenvalue weighted by molar-refractivity contribution is 7.89. The predicted molar refractivity (Wildman–Crippen MR) is 134 cm³/mol. The molecule has 1 fully saturated rings. The summed E-state index contributed by atoms with van der Waals surface area (Å²) < 4.78 is 85.6. The molecule has 2 aromatic carbocycles. The van der Waals surface area contributed by atoms with Gasteiger partial charge in [0, 0.05) is 18.8 Å². The molecule has 1 aliphatic heterocycles. The first-order valence-corrected chi connectivity index (χ1v) is 13.1. The number of piperidine rings is 1. The van der Waals surface area contributed by atoms with Crippen LogP contribution in [0.15, 0.2) is 47.5 Å². The van der Waals surface area contributed by atoms with E-state index in [9.17, 15) is 26.0 Å². The summed E-state index contributed by atoms with van der Waals surface area (Å²) in [6.45, 7) is 2.91. The van der Waals surface area contributed by atoms with Crippen LogP contribution in [0.5, 0.6) is 5.75 Å². The molecule has 0 radical (unpaired) electrons. The number of likely N-dealkylation sites (tertiary alicyclic amines) is 1. The maximum Gasteiger partial charge on any atom is 0.420 e. The third-order valence-corrected chi connectivity index (χ3v) is 7.07. The number of anilines is 4. The number of sulfonamides is 1. The number of hydrogen-bond donors (Lipinski definition) is 3. The molecule has 1 aliphatic rings. The van der Waals surface area contributed by atoms with Gasteiger partial charge in [-0.25, -0.2) is 22.9 Å². The predicted octanol–water partition coefficient (Wildman–Crippen LogP) is 4.55. The van der Waals surface area contributed by atoms with Gasteiger partial charge in [-0.15, -0.1) is 0 Å². The van der Waals surface area contributed by atoms with Crippen LogP contribution in [0.2, 0.25) is 0 Å². The average molecular weight is 555 g/mol. The first kappa shape index (κ1) is 27.5. The van der Waals surface area contributed by atoms with Gasteiger partial charge in [0.2, 0.25) is 16.0 Å². The van der Waals surface area contributed by atoms with Crippen molar-refractivity contribution in [3.8, 4) is 5.75 Å². The summed E-state index contributed by atoms with van der Waals surface area (Å²) in [7, 11) is -2.08. The maximum absolute atomic E-state index is 14.7. The minimum Gasteiger partial charge on any atom is -0.488 e. The topological polar surface area (TPSA) is 122 Å². The fourth-order valence-electron chi connectivity index (χ4n) is 4.01. The molecule has 4 rings (SSSR count). The molecular weight excluding hydrogens is 528 g/mol. The minimum atomic E-state index is -4.71. The van der Waals surface area contributed by atoms with E-state index in [0.29, 0.717) is 31.5 Å². The Hall–Kier alpha value is -3.49. The van der Waals surface area contributed by atoms with Crippen molar-refractivity contribution in [1.29, 1.82) is 0 Å². The molecule has 2 heterocycles. The highest BCUT2D eigenvalue weighted by Gasteiger charge is 2.36. The highest BCUT2D eigenvalue weighted by Crippen LogP contribution is 2.42. The summed E-state index contributed by atoms with van der Waals surface area (Å²) in [5, 5.41) is 10.6. The first-order chi connectivity index (χ1) is 17.8. The largest absolute Gasteiger partial charge is 0.488 e. The molecule has 38 heavy (non-hydrogen) atoms. The second kappa shape index (κ2) is 10.7. The Balaban J connectivity index is 1.65. The smallest absolute Gasteiger partial charge is 0.420 e. The van der Waals surface area contributed by atoms with Gasteiger partial charge in [0.05, 0.1) is 22.3 Å². The molecule has 0 amide bonds. The quantitative estimate of drug-likeness (QED) is 0.364. The number of benzene rings is 2. The summed E-state index contributed by atoms with van der Waals surface area (Å²) >= 11 is 0. The highest BCUT2D eigenvalue weighted by atomic mass is 32.2. The van der Waals surface area contributed by atoms with Gasteiger partial charge in [0.25, 0.3) is 0 Å². The molecule has 0 atom stereocenters. The zero-order valence-corrected chi connectivity index (χ0v) is 21.3. The Morgan fingerprint density at radius 3 is 2.50 bits per heavy atom. The van der Waals surface area contributed by atoms with Crippen molar-refractivity contribution in [2.24, 2.45) is 5.14 Å². The zero-order valence-electron chi connectivity index (χ0n) is 20.5. The molecule has 14 heteroatoms. The van der Waals surface area contributed by atoms with Gasteiger partial charge in [-0.2, -0.15) is 18.2 Å². The second-order valence-corrected chi connectivity index (χ2v) is 10.5. The molecule has 0 saturated carbocycles. The Bertz CT molecular complexity index is 1430. The molecule has 1 aromatic heterocycles. The molecule has 0 aliphatic carbocycles. The molecule has 0 unspecified atom stereocenters. The summed E-state index contributed by atoms with van der Waals surface area (Å²) in [6, 6.07) is 7.76. The molecule has 3 aromatic rings. The number of rotatable bonds is 7. The van der Waals surface area contributed by atoms with Gasteiger partial charge >= 0.3 is 6.18 Å². The first-order valence-electron chi connectivity index (χ1n) is 11.6. The van der Waals surface area contributed by atoms with Crippen molar-refractivity contribution >= 4 is 33.2 Å². The van der Waals surface area contributed by atoms with Crippen molar-refractivity contribution in [2.75, 3.05) is 30.8 Å². The Kier molecular flexibility index (Phi) is 7.76. The zero-order chi connectivity index (χ0) is 27.7. The normalized spacial score (nSPS) is 15.3. The lowest BCUT2D eigenvalue weighted by Crippen LogP contribution is -2.36. The summed E-state index contributed by atoms with van der Waals surface area (Å²) in [6.07, 6.45) is -3.25. The van der Waals surface area contributed by atoms with Crippen LogP contribution in [-0.2, 0) is 16.2 Å². The number of alkyl halides is 3. The summed E-state index contributed by atoms with van der Waals surface area (Å²) in [4.78, 5) is 9.80. The van der Waals surface area contributed by atoms with Crippen LogP contribution < -0.4 is 20.5 Å². The Morgan fingerprint density at radius 2 is 1.84 bits per heavy atom. The van der Waals surface area contributed by atoms with Crippen LogP contribution >= 0.6 is 0 Å². The van der Waals surface area contributed by atoms with E-state index in [2.05, 4.69) is 25.5 Å². The van der Waals surface area contributed by atoms with Crippen molar-refractivity contribution in [1.82, 2.24) is 14.9 Å². The molecule has 0 spiro atoms. The number of nitrogens with two attached hydrogens (primary N) is 1. The van der Waals surface area contributed by atoms with E-state index in [0.717, 1.165) is 12.3 Å². The minimum absolute atomic E-state index is 0.117. The second-order valence-electron chi connectivity index (χ2n) is 8.97. The van der Waals surface area contributed by atoms with E-state index in [-0.39, 0.29) is 22.2 Å².